The smallest absolute Gasteiger partial charge is 0.234 e. The van der Waals surface area contributed by atoms with Crippen molar-refractivity contribution in [2.75, 3.05) is 19.1 Å². The Morgan fingerprint density at radius 3 is 2.28 bits per heavy atom. The molecule has 0 bridgehead atoms. The van der Waals surface area contributed by atoms with Crippen molar-refractivity contribution in [3.63, 3.8) is 0 Å². The van der Waals surface area contributed by atoms with Crippen LogP contribution in [-0.2, 0) is 0 Å². The molecule has 1 aromatic rings. The van der Waals surface area contributed by atoms with E-state index in [1.807, 2.05) is 6.07 Å². The predicted molar refractivity (Wildman–Crippen MR) is 111 cm³/mol. The molecule has 0 saturated carbocycles. The van der Waals surface area contributed by atoms with Crippen molar-refractivity contribution in [1.29, 1.82) is 0 Å². The third-order valence-corrected chi connectivity index (χ3v) is 7.94. The standard InChI is InChI=1S/C21H33N2S.HI/c1-5-6-7-8-12-17-23-18(2)24(3,4)21(22)20(23)16-15-19-13-10-9-11-14-19;/h9-11,13-16H,5-8,12,17,22H2,1-4H3;1H/q+1;/p-1. The first-order valence-corrected chi connectivity index (χ1v) is 11.5. The minimum Gasteiger partial charge on any atom is -1.00 e. The SMILES string of the molecule is CCCCCCC[N+]1=C(C)S(C)(C)C(N)=C1C=Cc1ccccc1.[I-]. The van der Waals surface area contributed by atoms with Gasteiger partial charge < -0.3 is 29.7 Å². The maximum atomic E-state index is 6.56. The van der Waals surface area contributed by atoms with Crippen LogP contribution in [-0.4, -0.2) is 28.7 Å². The summed E-state index contributed by atoms with van der Waals surface area (Å²) in [7, 11) is -1.01. The molecule has 1 aliphatic heterocycles. The number of hydrogen-bond acceptors (Lipinski definition) is 1. The summed E-state index contributed by atoms with van der Waals surface area (Å²) in [5.74, 6) is 0. The summed E-state index contributed by atoms with van der Waals surface area (Å²) < 4.78 is 2.47. The van der Waals surface area contributed by atoms with Crippen LogP contribution >= 0.6 is 10.0 Å². The minimum atomic E-state index is -1.01. The van der Waals surface area contributed by atoms with Crippen molar-refractivity contribution in [2.24, 2.45) is 5.73 Å². The zero-order chi connectivity index (χ0) is 17.6. The quantitative estimate of drug-likeness (QED) is 0.351. The van der Waals surface area contributed by atoms with Gasteiger partial charge in [-0.15, -0.1) is 10.0 Å². The zero-order valence-electron chi connectivity index (χ0n) is 16.1. The fourth-order valence-corrected chi connectivity index (χ4v) is 4.82. The summed E-state index contributed by atoms with van der Waals surface area (Å²) in [4.78, 5) is 0. The van der Waals surface area contributed by atoms with E-state index in [4.69, 9.17) is 5.73 Å². The van der Waals surface area contributed by atoms with Crippen LogP contribution in [0.5, 0.6) is 0 Å². The van der Waals surface area contributed by atoms with E-state index in [9.17, 15) is 0 Å². The molecular weight excluding hydrogens is 439 g/mol. The molecule has 0 spiro atoms. The van der Waals surface area contributed by atoms with Crippen LogP contribution in [0.25, 0.3) is 6.08 Å². The Kier molecular flexibility index (Phi) is 9.28. The lowest BCUT2D eigenvalue weighted by Gasteiger charge is -2.21. The summed E-state index contributed by atoms with van der Waals surface area (Å²) in [6.45, 7) is 5.61. The minimum absolute atomic E-state index is 0. The molecule has 2 rings (SSSR count). The topological polar surface area (TPSA) is 29.0 Å². The van der Waals surface area contributed by atoms with Gasteiger partial charge in [-0.25, -0.2) is 0 Å². The van der Waals surface area contributed by atoms with Crippen molar-refractivity contribution in [2.45, 2.75) is 46.0 Å². The van der Waals surface area contributed by atoms with Gasteiger partial charge in [0.05, 0.1) is 0 Å². The lowest BCUT2D eigenvalue weighted by molar-refractivity contribution is -0.469. The second kappa shape index (κ2) is 10.4. The first kappa shape index (κ1) is 22.3. The fraction of sp³-hybridized carbons (Fsp3) is 0.476. The molecule has 0 fully saturated rings. The third kappa shape index (κ3) is 5.61. The molecule has 1 aromatic carbocycles. The van der Waals surface area contributed by atoms with E-state index in [0.29, 0.717) is 0 Å². The molecule has 140 valence electrons. The fourth-order valence-electron chi connectivity index (χ4n) is 3.06. The first-order chi connectivity index (χ1) is 11.5. The van der Waals surface area contributed by atoms with Gasteiger partial charge in [-0.1, -0.05) is 56.5 Å². The van der Waals surface area contributed by atoms with Gasteiger partial charge in [0, 0.05) is 19.4 Å². The van der Waals surface area contributed by atoms with Gasteiger partial charge in [-0.05, 0) is 30.6 Å². The molecule has 4 heteroatoms. The maximum absolute atomic E-state index is 6.56. The van der Waals surface area contributed by atoms with Gasteiger partial charge in [0.1, 0.15) is 11.6 Å². The lowest BCUT2D eigenvalue weighted by atomic mass is 10.1. The molecule has 0 radical (unpaired) electrons. The predicted octanol–water partition coefficient (Wildman–Crippen LogP) is 2.31. The second-order valence-corrected chi connectivity index (χ2v) is 10.6. The Morgan fingerprint density at radius 2 is 1.64 bits per heavy atom. The highest BCUT2D eigenvalue weighted by Crippen LogP contribution is 2.52. The number of benzene rings is 1. The summed E-state index contributed by atoms with van der Waals surface area (Å²) in [6.07, 6.45) is 15.5. The summed E-state index contributed by atoms with van der Waals surface area (Å²) in [6, 6.07) is 10.5. The molecule has 1 heterocycles. The molecule has 2 N–H and O–H groups in total. The van der Waals surface area contributed by atoms with E-state index in [1.54, 1.807) is 0 Å². The summed E-state index contributed by atoms with van der Waals surface area (Å²) in [5, 5.41) is 2.52. The van der Waals surface area contributed by atoms with Crippen molar-refractivity contribution in [3.05, 3.63) is 52.7 Å². The highest BCUT2D eigenvalue weighted by molar-refractivity contribution is 8.47. The van der Waals surface area contributed by atoms with Gasteiger partial charge in [-0.3, -0.25) is 0 Å². The van der Waals surface area contributed by atoms with Crippen LogP contribution in [0.15, 0.2) is 47.1 Å². The first-order valence-electron chi connectivity index (χ1n) is 9.06. The highest BCUT2D eigenvalue weighted by Gasteiger charge is 2.39. The Labute approximate surface area is 172 Å². The van der Waals surface area contributed by atoms with Gasteiger partial charge in [0.2, 0.25) is 10.7 Å². The Bertz CT molecular complexity index is 645. The van der Waals surface area contributed by atoms with Crippen LogP contribution in [0.4, 0.5) is 0 Å². The molecule has 25 heavy (non-hydrogen) atoms. The monoisotopic (exact) mass is 472 g/mol. The summed E-state index contributed by atoms with van der Waals surface area (Å²) in [5.41, 5.74) is 8.99. The Morgan fingerprint density at radius 1 is 1.00 bits per heavy atom. The number of halogens is 1. The Balaban J connectivity index is 0.00000312. The average molecular weight is 472 g/mol. The van der Waals surface area contributed by atoms with Crippen molar-refractivity contribution >= 4 is 21.1 Å². The number of unbranched alkanes of at least 4 members (excludes halogenated alkanes) is 4. The normalized spacial score (nSPS) is 17.9. The highest BCUT2D eigenvalue weighted by atomic mass is 127. The molecule has 0 unspecified atom stereocenters. The molecular formula is C21H33IN2S. The van der Waals surface area contributed by atoms with Crippen LogP contribution in [0.2, 0.25) is 0 Å². The van der Waals surface area contributed by atoms with Crippen LogP contribution in [0.3, 0.4) is 0 Å². The molecule has 0 aromatic heterocycles. The number of nitrogens with zero attached hydrogens (tertiary/aromatic N) is 1. The zero-order valence-corrected chi connectivity index (χ0v) is 19.1. The van der Waals surface area contributed by atoms with E-state index in [2.05, 4.69) is 67.4 Å². The van der Waals surface area contributed by atoms with E-state index in [-0.39, 0.29) is 24.0 Å². The molecule has 1 aliphatic rings. The van der Waals surface area contributed by atoms with E-state index in [0.717, 1.165) is 11.6 Å². The molecule has 0 amide bonds. The van der Waals surface area contributed by atoms with Gasteiger partial charge in [-0.2, -0.15) is 4.58 Å². The second-order valence-electron chi connectivity index (χ2n) is 6.91. The van der Waals surface area contributed by atoms with Crippen molar-refractivity contribution < 1.29 is 28.6 Å². The third-order valence-electron chi connectivity index (χ3n) is 4.93. The Hall–Kier alpha value is -0.750. The molecule has 2 nitrogen and oxygen atoms in total. The number of rotatable bonds is 8. The van der Waals surface area contributed by atoms with Crippen LogP contribution in [0.1, 0.15) is 51.5 Å². The van der Waals surface area contributed by atoms with E-state index >= 15 is 0 Å². The van der Waals surface area contributed by atoms with E-state index in [1.165, 1.54) is 48.4 Å². The largest absolute Gasteiger partial charge is 1.00 e. The summed E-state index contributed by atoms with van der Waals surface area (Å²) >= 11 is 0. The van der Waals surface area contributed by atoms with Crippen molar-refractivity contribution in [1.82, 2.24) is 0 Å². The molecule has 0 aliphatic carbocycles. The molecule has 0 atom stereocenters. The van der Waals surface area contributed by atoms with Crippen LogP contribution in [0, 0.1) is 0 Å². The number of hydrogen-bond donors (Lipinski definition) is 1. The van der Waals surface area contributed by atoms with Crippen LogP contribution < -0.4 is 29.7 Å². The number of allylic oxidation sites excluding steroid dienone is 1. The van der Waals surface area contributed by atoms with Crippen molar-refractivity contribution in [3.8, 4) is 0 Å². The van der Waals surface area contributed by atoms with Gasteiger partial charge in [0.25, 0.3) is 0 Å². The average Bonchev–Trinajstić information content (AvgIpc) is 2.74. The van der Waals surface area contributed by atoms with Gasteiger partial charge >= 0.3 is 0 Å². The van der Waals surface area contributed by atoms with Gasteiger partial charge in [0.15, 0.2) is 0 Å². The maximum Gasteiger partial charge on any atom is 0.234 e. The number of nitrogens with two attached hydrogens (primary N) is 1. The van der Waals surface area contributed by atoms with E-state index < -0.39 is 10.0 Å². The molecule has 0 saturated heterocycles. The lowest BCUT2D eigenvalue weighted by Crippen LogP contribution is -3.00.